The summed E-state index contributed by atoms with van der Waals surface area (Å²) in [5.41, 5.74) is 2.46. The summed E-state index contributed by atoms with van der Waals surface area (Å²) >= 11 is 3.43. The van der Waals surface area contributed by atoms with Gasteiger partial charge in [-0.25, -0.2) is 0 Å². The Kier molecular flexibility index (Phi) is 4.66. The molecule has 1 atom stereocenters. The molecule has 1 aromatic heterocycles. The molecule has 1 aromatic carbocycles. The van der Waals surface area contributed by atoms with Crippen molar-refractivity contribution in [3.05, 3.63) is 51.8 Å². The van der Waals surface area contributed by atoms with Crippen LogP contribution in [0.5, 0.6) is 0 Å². The van der Waals surface area contributed by atoms with Crippen molar-refractivity contribution < 1.29 is 5.11 Å². The quantitative estimate of drug-likeness (QED) is 0.907. The number of aryl methyl sites for hydroxylation is 2. The fourth-order valence-corrected chi connectivity index (χ4v) is 2.77. The van der Waals surface area contributed by atoms with E-state index in [-0.39, 0.29) is 0 Å². The van der Waals surface area contributed by atoms with Gasteiger partial charge in [0.1, 0.15) is 0 Å². The normalized spacial score (nSPS) is 14.2. The molecule has 1 unspecified atom stereocenters. The van der Waals surface area contributed by atoms with E-state index in [2.05, 4.69) is 34.0 Å². The Hall–Kier alpha value is -1.13. The summed E-state index contributed by atoms with van der Waals surface area (Å²) in [7, 11) is 0. The molecule has 0 bridgehead atoms. The van der Waals surface area contributed by atoms with Crippen LogP contribution in [0.4, 0.5) is 0 Å². The second-order valence-corrected chi connectivity index (χ2v) is 6.49. The highest BCUT2D eigenvalue weighted by Gasteiger charge is 2.23. The largest absolute Gasteiger partial charge is 0.389 e. The standard InChI is InChI=1S/C16H21BrN2O/c1-4-19-15(9-12(2)18-19)11-16(3,20)10-13-5-7-14(17)8-6-13/h5-9,20H,4,10-11H2,1-3H3. The minimum Gasteiger partial charge on any atom is -0.389 e. The molecule has 0 aliphatic heterocycles. The van der Waals surface area contributed by atoms with Crippen LogP contribution in [0.2, 0.25) is 0 Å². The fraction of sp³-hybridized carbons (Fsp3) is 0.438. The van der Waals surface area contributed by atoms with E-state index in [0.717, 1.165) is 28.0 Å². The zero-order valence-electron chi connectivity index (χ0n) is 12.2. The topological polar surface area (TPSA) is 38.0 Å². The van der Waals surface area contributed by atoms with E-state index in [1.165, 1.54) is 0 Å². The molecule has 0 saturated carbocycles. The van der Waals surface area contributed by atoms with Gasteiger partial charge in [0, 0.05) is 29.6 Å². The molecule has 0 aliphatic carbocycles. The first-order valence-corrected chi connectivity index (χ1v) is 7.69. The molecular weight excluding hydrogens is 316 g/mol. The van der Waals surface area contributed by atoms with E-state index in [4.69, 9.17) is 0 Å². The molecule has 0 fully saturated rings. The number of benzene rings is 1. The third-order valence-corrected chi connectivity index (χ3v) is 3.87. The summed E-state index contributed by atoms with van der Waals surface area (Å²) in [6.45, 7) is 6.77. The number of rotatable bonds is 5. The fourth-order valence-electron chi connectivity index (χ4n) is 2.51. The monoisotopic (exact) mass is 336 g/mol. The second kappa shape index (κ2) is 6.10. The van der Waals surface area contributed by atoms with Crippen LogP contribution in [0.3, 0.4) is 0 Å². The Morgan fingerprint density at radius 1 is 1.25 bits per heavy atom. The van der Waals surface area contributed by atoms with E-state index >= 15 is 0 Å². The molecule has 0 spiro atoms. The first kappa shape index (κ1) is 15.3. The van der Waals surface area contributed by atoms with Crippen molar-refractivity contribution in [2.24, 2.45) is 0 Å². The van der Waals surface area contributed by atoms with Crippen molar-refractivity contribution in [2.45, 2.75) is 45.8 Å². The van der Waals surface area contributed by atoms with E-state index in [1.54, 1.807) is 0 Å². The van der Waals surface area contributed by atoms with Crippen molar-refractivity contribution >= 4 is 15.9 Å². The third-order valence-electron chi connectivity index (χ3n) is 3.35. The van der Waals surface area contributed by atoms with Gasteiger partial charge in [-0.05, 0) is 44.5 Å². The zero-order chi connectivity index (χ0) is 14.8. The summed E-state index contributed by atoms with van der Waals surface area (Å²) in [6.07, 6.45) is 1.24. The van der Waals surface area contributed by atoms with Gasteiger partial charge in [-0.2, -0.15) is 5.10 Å². The highest BCUT2D eigenvalue weighted by Crippen LogP contribution is 2.21. The highest BCUT2D eigenvalue weighted by molar-refractivity contribution is 9.10. The van der Waals surface area contributed by atoms with Gasteiger partial charge in [0.2, 0.25) is 0 Å². The van der Waals surface area contributed by atoms with Crippen LogP contribution in [-0.4, -0.2) is 20.5 Å². The van der Waals surface area contributed by atoms with Crippen LogP contribution in [0.1, 0.15) is 30.8 Å². The highest BCUT2D eigenvalue weighted by atomic mass is 79.9. The van der Waals surface area contributed by atoms with Crippen LogP contribution >= 0.6 is 15.9 Å². The van der Waals surface area contributed by atoms with Gasteiger partial charge in [0.15, 0.2) is 0 Å². The predicted molar refractivity (Wildman–Crippen MR) is 84.8 cm³/mol. The number of aromatic nitrogens is 2. The minimum absolute atomic E-state index is 0.609. The van der Waals surface area contributed by atoms with E-state index in [1.807, 2.05) is 42.8 Å². The van der Waals surface area contributed by atoms with Crippen molar-refractivity contribution in [1.82, 2.24) is 9.78 Å². The van der Waals surface area contributed by atoms with E-state index in [0.29, 0.717) is 12.8 Å². The zero-order valence-corrected chi connectivity index (χ0v) is 13.8. The molecule has 0 saturated heterocycles. The molecule has 2 aromatic rings. The molecule has 0 radical (unpaired) electrons. The van der Waals surface area contributed by atoms with Crippen molar-refractivity contribution in [2.75, 3.05) is 0 Å². The average molecular weight is 337 g/mol. The number of halogens is 1. The lowest BCUT2D eigenvalue weighted by molar-refractivity contribution is 0.0587. The average Bonchev–Trinajstić information content (AvgIpc) is 2.71. The Morgan fingerprint density at radius 2 is 1.90 bits per heavy atom. The van der Waals surface area contributed by atoms with E-state index in [9.17, 15) is 5.11 Å². The maximum Gasteiger partial charge on any atom is 0.0715 e. The molecule has 1 N–H and O–H groups in total. The Labute approximate surface area is 128 Å². The number of hydrogen-bond donors (Lipinski definition) is 1. The molecular formula is C16H21BrN2O. The smallest absolute Gasteiger partial charge is 0.0715 e. The van der Waals surface area contributed by atoms with Crippen LogP contribution in [0, 0.1) is 6.92 Å². The molecule has 0 amide bonds. The van der Waals surface area contributed by atoms with Crippen molar-refractivity contribution in [1.29, 1.82) is 0 Å². The van der Waals surface area contributed by atoms with Crippen molar-refractivity contribution in [3.63, 3.8) is 0 Å². The number of aliphatic hydroxyl groups is 1. The SMILES string of the molecule is CCn1nc(C)cc1CC(C)(O)Cc1ccc(Br)cc1. The van der Waals surface area contributed by atoms with Gasteiger partial charge in [-0.15, -0.1) is 0 Å². The first-order chi connectivity index (χ1) is 9.39. The molecule has 20 heavy (non-hydrogen) atoms. The van der Waals surface area contributed by atoms with Crippen LogP contribution in [0.25, 0.3) is 0 Å². The first-order valence-electron chi connectivity index (χ1n) is 6.90. The summed E-state index contributed by atoms with van der Waals surface area (Å²) in [5, 5.41) is 15.1. The number of nitrogens with zero attached hydrogens (tertiary/aromatic N) is 2. The van der Waals surface area contributed by atoms with Gasteiger partial charge in [0.25, 0.3) is 0 Å². The van der Waals surface area contributed by atoms with Gasteiger partial charge >= 0.3 is 0 Å². The number of hydrogen-bond acceptors (Lipinski definition) is 2. The lowest BCUT2D eigenvalue weighted by Crippen LogP contribution is -2.31. The summed E-state index contributed by atoms with van der Waals surface area (Å²) in [4.78, 5) is 0. The molecule has 108 valence electrons. The van der Waals surface area contributed by atoms with Gasteiger partial charge in [0.05, 0.1) is 11.3 Å². The van der Waals surface area contributed by atoms with Gasteiger partial charge in [-0.1, -0.05) is 28.1 Å². The Bertz CT molecular complexity index is 573. The van der Waals surface area contributed by atoms with Crippen LogP contribution in [0.15, 0.2) is 34.8 Å². The Balaban J connectivity index is 2.11. The third kappa shape index (κ3) is 3.93. The molecule has 0 aliphatic rings. The molecule has 2 rings (SSSR count). The van der Waals surface area contributed by atoms with Gasteiger partial charge in [-0.3, -0.25) is 4.68 Å². The lowest BCUT2D eigenvalue weighted by atomic mass is 9.92. The van der Waals surface area contributed by atoms with E-state index < -0.39 is 5.60 Å². The van der Waals surface area contributed by atoms with Crippen LogP contribution in [-0.2, 0) is 19.4 Å². The second-order valence-electron chi connectivity index (χ2n) is 5.57. The van der Waals surface area contributed by atoms with Gasteiger partial charge < -0.3 is 5.11 Å². The molecule has 4 heteroatoms. The Morgan fingerprint density at radius 3 is 2.50 bits per heavy atom. The molecule has 3 nitrogen and oxygen atoms in total. The maximum atomic E-state index is 10.7. The maximum absolute atomic E-state index is 10.7. The van der Waals surface area contributed by atoms with Crippen LogP contribution < -0.4 is 0 Å². The predicted octanol–water partition coefficient (Wildman–Crippen LogP) is 3.51. The molecule has 1 heterocycles. The summed E-state index contributed by atoms with van der Waals surface area (Å²) in [5.74, 6) is 0. The van der Waals surface area contributed by atoms with Crippen molar-refractivity contribution in [3.8, 4) is 0 Å². The summed E-state index contributed by atoms with van der Waals surface area (Å²) in [6, 6.07) is 10.2. The summed E-state index contributed by atoms with van der Waals surface area (Å²) < 4.78 is 3.02. The lowest BCUT2D eigenvalue weighted by Gasteiger charge is -2.23. The minimum atomic E-state index is -0.771.